The Labute approximate surface area is 129 Å². The van der Waals surface area contributed by atoms with Gasteiger partial charge in [-0.1, -0.05) is 6.07 Å². The van der Waals surface area contributed by atoms with E-state index in [4.69, 9.17) is 9.47 Å². The Hall–Kier alpha value is -2.49. The number of aryl methyl sites for hydroxylation is 3. The molecule has 3 rings (SSSR count). The van der Waals surface area contributed by atoms with Crippen molar-refractivity contribution < 1.29 is 19.4 Å². The first-order valence-corrected chi connectivity index (χ1v) is 7.15. The normalized spacial score (nSPS) is 12.9. The summed E-state index contributed by atoms with van der Waals surface area (Å²) in [6, 6.07) is 3.57. The third-order valence-electron chi connectivity index (χ3n) is 4.23. The maximum Gasteiger partial charge on any atom is 0.347 e. The molecule has 0 atom stereocenters. The molecule has 1 N–H and O–H groups in total. The third-order valence-corrected chi connectivity index (χ3v) is 4.23. The van der Waals surface area contributed by atoms with Crippen LogP contribution in [0.4, 0.5) is 0 Å². The molecule has 0 aliphatic carbocycles. The summed E-state index contributed by atoms with van der Waals surface area (Å²) in [7, 11) is 0. The summed E-state index contributed by atoms with van der Waals surface area (Å²) in [5.41, 5.74) is 4.44. The van der Waals surface area contributed by atoms with Crippen LogP contribution in [0.15, 0.2) is 12.1 Å². The Morgan fingerprint density at radius 3 is 2.14 bits per heavy atom. The molecule has 0 saturated heterocycles. The fourth-order valence-electron chi connectivity index (χ4n) is 2.77. The lowest BCUT2D eigenvalue weighted by Crippen LogP contribution is -2.10. The second-order valence-corrected chi connectivity index (χ2v) is 5.83. The minimum Gasteiger partial charge on any atom is -0.508 e. The van der Waals surface area contributed by atoms with Gasteiger partial charge >= 0.3 is 5.97 Å². The van der Waals surface area contributed by atoms with Crippen molar-refractivity contribution in [2.24, 2.45) is 0 Å². The number of fused-ring (bicyclic) bond motifs is 2. The predicted molar refractivity (Wildman–Crippen MR) is 83.3 cm³/mol. The van der Waals surface area contributed by atoms with Gasteiger partial charge < -0.3 is 14.6 Å². The summed E-state index contributed by atoms with van der Waals surface area (Å²) in [6.07, 6.45) is 0. The Morgan fingerprint density at radius 2 is 1.45 bits per heavy atom. The van der Waals surface area contributed by atoms with Gasteiger partial charge in [-0.05, 0) is 62.9 Å². The standard InChI is InChI=1S/C18H18O4/c1-8-6-9(2)14-16(11(8)4)21-15-10(3)7-13(19)12(5)17(15)22-18(14)20/h6-7,19H,1-5H3. The Balaban J connectivity index is 2.34. The number of carbonyl (C=O) groups excluding carboxylic acids is 1. The molecule has 2 aromatic carbocycles. The van der Waals surface area contributed by atoms with Gasteiger partial charge in [-0.2, -0.15) is 0 Å². The SMILES string of the molecule is Cc1cc(C)c2c(c1C)Oc1c(C)cc(O)c(C)c1OC2=O. The fraction of sp³-hybridized carbons (Fsp3) is 0.278. The lowest BCUT2D eigenvalue weighted by molar-refractivity contribution is 0.0735. The number of hydrogen-bond acceptors (Lipinski definition) is 4. The minimum absolute atomic E-state index is 0.0863. The van der Waals surface area contributed by atoms with Crippen LogP contribution in [0, 0.1) is 34.6 Å². The summed E-state index contributed by atoms with van der Waals surface area (Å²) in [5.74, 6) is 0.936. The number of rotatable bonds is 0. The van der Waals surface area contributed by atoms with Crippen LogP contribution in [0.25, 0.3) is 0 Å². The summed E-state index contributed by atoms with van der Waals surface area (Å²) in [5, 5.41) is 9.96. The van der Waals surface area contributed by atoms with Gasteiger partial charge in [0.05, 0.1) is 0 Å². The highest BCUT2D eigenvalue weighted by atomic mass is 16.6. The van der Waals surface area contributed by atoms with E-state index >= 15 is 0 Å². The van der Waals surface area contributed by atoms with Crippen molar-refractivity contribution >= 4 is 5.97 Å². The lowest BCUT2D eigenvalue weighted by Gasteiger charge is -2.15. The van der Waals surface area contributed by atoms with Crippen LogP contribution in [0.1, 0.15) is 38.2 Å². The molecule has 0 amide bonds. The van der Waals surface area contributed by atoms with Crippen LogP contribution in [-0.4, -0.2) is 11.1 Å². The van der Waals surface area contributed by atoms with Crippen molar-refractivity contribution in [1.29, 1.82) is 0 Å². The van der Waals surface area contributed by atoms with E-state index in [1.165, 1.54) is 0 Å². The number of esters is 1. The van der Waals surface area contributed by atoms with E-state index in [1.807, 2.05) is 33.8 Å². The van der Waals surface area contributed by atoms with E-state index in [9.17, 15) is 9.90 Å². The highest BCUT2D eigenvalue weighted by Gasteiger charge is 2.30. The first kappa shape index (κ1) is 14.4. The molecule has 0 aromatic heterocycles. The zero-order chi connectivity index (χ0) is 16.2. The molecule has 2 aromatic rings. The molecule has 0 unspecified atom stereocenters. The smallest absolute Gasteiger partial charge is 0.347 e. The predicted octanol–water partition coefficient (Wildman–Crippen LogP) is 4.26. The Kier molecular flexibility index (Phi) is 3.13. The molecule has 0 saturated carbocycles. The van der Waals surface area contributed by atoms with Crippen molar-refractivity contribution in [2.45, 2.75) is 34.6 Å². The van der Waals surface area contributed by atoms with E-state index in [-0.39, 0.29) is 11.5 Å². The van der Waals surface area contributed by atoms with Crippen molar-refractivity contribution in [1.82, 2.24) is 0 Å². The van der Waals surface area contributed by atoms with Crippen molar-refractivity contribution in [3.63, 3.8) is 0 Å². The van der Waals surface area contributed by atoms with E-state index in [0.717, 1.165) is 22.3 Å². The molecule has 22 heavy (non-hydrogen) atoms. The number of benzene rings is 2. The van der Waals surface area contributed by atoms with Gasteiger partial charge in [0.25, 0.3) is 0 Å². The number of phenolic OH excluding ortho intramolecular Hbond substituents is 1. The zero-order valence-electron chi connectivity index (χ0n) is 13.3. The molecule has 1 aliphatic rings. The van der Waals surface area contributed by atoms with Crippen LogP contribution < -0.4 is 9.47 Å². The van der Waals surface area contributed by atoms with Gasteiger partial charge in [-0.25, -0.2) is 4.79 Å². The van der Waals surface area contributed by atoms with E-state index in [2.05, 4.69) is 0 Å². The molecule has 1 heterocycles. The van der Waals surface area contributed by atoms with Crippen LogP contribution in [-0.2, 0) is 0 Å². The molecule has 4 heteroatoms. The highest BCUT2D eigenvalue weighted by Crippen LogP contribution is 2.46. The van der Waals surface area contributed by atoms with E-state index in [0.29, 0.717) is 22.6 Å². The molecule has 0 fully saturated rings. The number of aromatic hydroxyl groups is 1. The number of hydrogen-bond donors (Lipinski definition) is 1. The van der Waals surface area contributed by atoms with Gasteiger partial charge in [0.2, 0.25) is 0 Å². The quantitative estimate of drug-likeness (QED) is 0.583. The molecule has 0 spiro atoms. The molecule has 0 bridgehead atoms. The van der Waals surface area contributed by atoms with Crippen molar-refractivity contribution in [3.05, 3.63) is 45.5 Å². The van der Waals surface area contributed by atoms with Gasteiger partial charge in [0.15, 0.2) is 11.5 Å². The molecule has 114 valence electrons. The van der Waals surface area contributed by atoms with Crippen molar-refractivity contribution in [2.75, 3.05) is 0 Å². The maximum atomic E-state index is 12.5. The highest BCUT2D eigenvalue weighted by molar-refractivity contribution is 5.98. The first-order chi connectivity index (χ1) is 10.3. The van der Waals surface area contributed by atoms with Gasteiger partial charge in [0, 0.05) is 5.56 Å². The molecule has 4 nitrogen and oxygen atoms in total. The van der Waals surface area contributed by atoms with Crippen LogP contribution >= 0.6 is 0 Å². The Bertz CT molecular complexity index is 819. The van der Waals surface area contributed by atoms with E-state index < -0.39 is 5.97 Å². The maximum absolute atomic E-state index is 12.5. The monoisotopic (exact) mass is 298 g/mol. The number of phenols is 1. The molecular weight excluding hydrogens is 280 g/mol. The Morgan fingerprint density at radius 1 is 0.773 bits per heavy atom. The second kappa shape index (κ2) is 4.77. The van der Waals surface area contributed by atoms with Gasteiger partial charge in [-0.15, -0.1) is 0 Å². The van der Waals surface area contributed by atoms with E-state index in [1.54, 1.807) is 13.0 Å². The first-order valence-electron chi connectivity index (χ1n) is 7.15. The summed E-state index contributed by atoms with van der Waals surface area (Å²) < 4.78 is 11.6. The summed E-state index contributed by atoms with van der Waals surface area (Å²) in [6.45, 7) is 9.29. The largest absolute Gasteiger partial charge is 0.508 e. The number of ether oxygens (including phenoxy) is 2. The zero-order valence-corrected chi connectivity index (χ0v) is 13.3. The topological polar surface area (TPSA) is 55.8 Å². The van der Waals surface area contributed by atoms with Crippen molar-refractivity contribution in [3.8, 4) is 23.0 Å². The average Bonchev–Trinajstić information content (AvgIpc) is 2.60. The third kappa shape index (κ3) is 1.95. The van der Waals surface area contributed by atoms with Crippen LogP contribution in [0.3, 0.4) is 0 Å². The fourth-order valence-corrected chi connectivity index (χ4v) is 2.77. The van der Waals surface area contributed by atoms with Gasteiger partial charge in [-0.3, -0.25) is 0 Å². The summed E-state index contributed by atoms with van der Waals surface area (Å²) in [4.78, 5) is 12.5. The molecule has 1 aliphatic heterocycles. The average molecular weight is 298 g/mol. The minimum atomic E-state index is -0.456. The van der Waals surface area contributed by atoms with Gasteiger partial charge in [0.1, 0.15) is 17.1 Å². The molecule has 0 radical (unpaired) electrons. The summed E-state index contributed by atoms with van der Waals surface area (Å²) >= 11 is 0. The van der Waals surface area contributed by atoms with Crippen LogP contribution in [0.2, 0.25) is 0 Å². The second-order valence-electron chi connectivity index (χ2n) is 5.83. The lowest BCUT2D eigenvalue weighted by atomic mass is 9.99. The number of carbonyl (C=O) groups is 1. The molecular formula is C18H18O4. The van der Waals surface area contributed by atoms with Crippen LogP contribution in [0.5, 0.6) is 23.0 Å².